The minimum absolute atomic E-state index is 0.272. The molecule has 3 heterocycles. The number of nitrogens with one attached hydrogen (secondary N) is 2. The molecule has 0 radical (unpaired) electrons. The molecule has 0 saturated carbocycles. The van der Waals surface area contributed by atoms with Gasteiger partial charge in [-0.25, -0.2) is 23.2 Å². The summed E-state index contributed by atoms with van der Waals surface area (Å²) in [6, 6.07) is 8.90. The van der Waals surface area contributed by atoms with Crippen LogP contribution < -0.4 is 11.0 Å². The van der Waals surface area contributed by atoms with Crippen LogP contribution in [0.5, 0.6) is 0 Å². The van der Waals surface area contributed by atoms with Crippen LogP contribution in [0.3, 0.4) is 0 Å². The van der Waals surface area contributed by atoms with Gasteiger partial charge in [0.05, 0.1) is 24.7 Å². The molecule has 0 aliphatic rings. The van der Waals surface area contributed by atoms with Gasteiger partial charge in [-0.3, -0.25) is 4.79 Å². The van der Waals surface area contributed by atoms with E-state index in [4.69, 9.17) is 0 Å². The summed E-state index contributed by atoms with van der Waals surface area (Å²) in [4.78, 5) is 24.2. The predicted molar refractivity (Wildman–Crippen MR) is 136 cm³/mol. The molecule has 2 N–H and O–H groups in total. The van der Waals surface area contributed by atoms with Gasteiger partial charge in [-0.15, -0.1) is 0 Å². The molecule has 3 aromatic heterocycles. The Morgan fingerprint density at radius 2 is 1.78 bits per heavy atom. The Bertz CT molecular complexity index is 1660. The summed E-state index contributed by atoms with van der Waals surface area (Å²) in [7, 11) is 3.19. The maximum atomic E-state index is 14.3. The first-order valence-electron chi connectivity index (χ1n) is 11.9. The molecular weight excluding hydrogens is 482 g/mol. The number of hydrogen-bond acceptors (Lipinski definition) is 5. The molecule has 5 rings (SSSR count). The molecule has 0 bridgehead atoms. The van der Waals surface area contributed by atoms with Crippen LogP contribution >= 0.6 is 0 Å². The Balaban J connectivity index is 1.52. The molecule has 0 saturated heterocycles. The second-order valence-electron chi connectivity index (χ2n) is 8.80. The molecule has 2 aromatic carbocycles. The summed E-state index contributed by atoms with van der Waals surface area (Å²) in [5.74, 6) is -0.801. The summed E-state index contributed by atoms with van der Waals surface area (Å²) in [6.45, 7) is 1.76. The molecule has 0 amide bonds. The number of carbonyl (C=O) groups excluding carboxylic acids is 1. The third-order valence-corrected chi connectivity index (χ3v) is 6.41. The summed E-state index contributed by atoms with van der Waals surface area (Å²) < 4.78 is 38.2. The van der Waals surface area contributed by atoms with Crippen LogP contribution in [-0.2, 0) is 23.1 Å². The Morgan fingerprint density at radius 3 is 2.54 bits per heavy atom. The summed E-state index contributed by atoms with van der Waals surface area (Å²) in [6.07, 6.45) is 4.61. The molecule has 0 aliphatic carbocycles. The number of halogens is 2. The predicted octanol–water partition coefficient (Wildman–Crippen LogP) is 3.50. The van der Waals surface area contributed by atoms with E-state index in [0.29, 0.717) is 47.5 Å². The molecular formula is C26H26F2N6O3. The van der Waals surface area contributed by atoms with Crippen molar-refractivity contribution in [1.29, 1.82) is 0 Å². The van der Waals surface area contributed by atoms with Crippen molar-refractivity contribution in [1.82, 2.24) is 29.2 Å². The molecule has 0 unspecified atom stereocenters. The highest BCUT2D eigenvalue weighted by atomic mass is 19.1. The number of ether oxygens (including phenoxy) is 1. The Morgan fingerprint density at radius 1 is 1.05 bits per heavy atom. The normalized spacial score (nSPS) is 11.6. The molecule has 37 heavy (non-hydrogen) atoms. The van der Waals surface area contributed by atoms with Crippen LogP contribution in [0, 0.1) is 11.6 Å². The number of methoxy groups -OCH3 is 1. The minimum Gasteiger partial charge on any atom is -0.469 e. The van der Waals surface area contributed by atoms with Crippen LogP contribution in [0.1, 0.15) is 12.8 Å². The largest absolute Gasteiger partial charge is 0.469 e. The number of hydrogen-bond donors (Lipinski definition) is 2. The quantitative estimate of drug-likeness (QED) is 0.235. The van der Waals surface area contributed by atoms with E-state index in [0.717, 1.165) is 17.5 Å². The Kier molecular flexibility index (Phi) is 6.62. The van der Waals surface area contributed by atoms with Gasteiger partial charge in [-0.2, -0.15) is 5.10 Å². The van der Waals surface area contributed by atoms with Crippen LogP contribution in [0.25, 0.3) is 38.9 Å². The van der Waals surface area contributed by atoms with Gasteiger partial charge in [0.1, 0.15) is 11.6 Å². The molecule has 192 valence electrons. The second kappa shape index (κ2) is 10.0. The number of fused-ring (bicyclic) bond motifs is 2. The number of carbonyl (C=O) groups is 1. The van der Waals surface area contributed by atoms with Gasteiger partial charge < -0.3 is 19.2 Å². The highest BCUT2D eigenvalue weighted by Crippen LogP contribution is 2.32. The van der Waals surface area contributed by atoms with Crippen LogP contribution in [0.4, 0.5) is 8.78 Å². The number of rotatable bonds is 9. The van der Waals surface area contributed by atoms with Gasteiger partial charge in [0.2, 0.25) is 0 Å². The monoisotopic (exact) mass is 508 g/mol. The van der Waals surface area contributed by atoms with E-state index in [1.54, 1.807) is 24.5 Å². The zero-order valence-electron chi connectivity index (χ0n) is 20.4. The van der Waals surface area contributed by atoms with Gasteiger partial charge in [0, 0.05) is 54.4 Å². The van der Waals surface area contributed by atoms with E-state index in [1.807, 2.05) is 16.2 Å². The fourth-order valence-corrected chi connectivity index (χ4v) is 4.65. The van der Waals surface area contributed by atoms with Gasteiger partial charge in [0.15, 0.2) is 5.82 Å². The summed E-state index contributed by atoms with van der Waals surface area (Å²) in [5.41, 5.74) is 2.09. The van der Waals surface area contributed by atoms with Gasteiger partial charge >= 0.3 is 11.7 Å². The highest BCUT2D eigenvalue weighted by Gasteiger charge is 2.21. The lowest BCUT2D eigenvalue weighted by Crippen LogP contribution is -2.21. The van der Waals surface area contributed by atoms with E-state index in [-0.39, 0.29) is 12.4 Å². The van der Waals surface area contributed by atoms with Gasteiger partial charge in [0.25, 0.3) is 0 Å². The smallest absolute Gasteiger partial charge is 0.348 e. The fourth-order valence-electron chi connectivity index (χ4n) is 4.65. The number of nitrogens with zero attached hydrogens (tertiary/aromatic N) is 4. The third kappa shape index (κ3) is 4.65. The third-order valence-electron chi connectivity index (χ3n) is 6.41. The molecule has 11 heteroatoms. The number of benzene rings is 2. The zero-order valence-corrected chi connectivity index (χ0v) is 20.4. The number of aryl methyl sites for hydroxylation is 2. The SMILES string of the molecule is COC(=O)CCNCCCn1cc(-n2c(-c3cn(C)c4ccc(F)cc34)n[nH]c2=O)c2cc(F)ccc21. The lowest BCUT2D eigenvalue weighted by atomic mass is 10.1. The molecule has 5 aromatic rings. The van der Waals surface area contributed by atoms with E-state index in [1.165, 1.54) is 35.9 Å². The molecule has 9 nitrogen and oxygen atoms in total. The minimum atomic E-state index is -0.490. The van der Waals surface area contributed by atoms with Gasteiger partial charge in [-0.05, 0) is 49.4 Å². The lowest BCUT2D eigenvalue weighted by molar-refractivity contribution is -0.140. The van der Waals surface area contributed by atoms with Crippen LogP contribution in [0.2, 0.25) is 0 Å². The van der Waals surface area contributed by atoms with E-state index < -0.39 is 17.3 Å². The van der Waals surface area contributed by atoms with Crippen molar-refractivity contribution in [3.05, 3.63) is 70.9 Å². The lowest BCUT2D eigenvalue weighted by Gasteiger charge is -2.06. The molecule has 0 spiro atoms. The average Bonchev–Trinajstić information content (AvgIpc) is 3.53. The fraction of sp³-hybridized carbons (Fsp3) is 0.269. The maximum Gasteiger partial charge on any atom is 0.348 e. The van der Waals surface area contributed by atoms with Crippen molar-refractivity contribution in [3.63, 3.8) is 0 Å². The number of esters is 1. The highest BCUT2D eigenvalue weighted by molar-refractivity contribution is 5.96. The average molecular weight is 509 g/mol. The standard InChI is InChI=1S/C26H26F2N6O3/c1-32-14-20(18-12-16(27)4-6-21(18)32)25-30-31-26(36)34(25)23-15-33(22-7-5-17(28)13-19(22)23)11-3-9-29-10-8-24(35)37-2/h4-7,12-15,29H,3,8-11H2,1-2H3,(H,31,36). The first-order chi connectivity index (χ1) is 17.9. The Hall–Kier alpha value is -4.25. The topological polar surface area (TPSA) is 98.9 Å². The van der Waals surface area contributed by atoms with Crippen LogP contribution in [0.15, 0.2) is 53.6 Å². The maximum absolute atomic E-state index is 14.3. The van der Waals surface area contributed by atoms with Crippen molar-refractivity contribution in [3.8, 4) is 17.1 Å². The molecule has 0 atom stereocenters. The number of aromatic nitrogens is 5. The zero-order chi connectivity index (χ0) is 26.1. The first-order valence-corrected chi connectivity index (χ1v) is 11.9. The van der Waals surface area contributed by atoms with Gasteiger partial charge in [-0.1, -0.05) is 0 Å². The number of H-pyrrole nitrogens is 1. The van der Waals surface area contributed by atoms with Crippen LogP contribution in [-0.4, -0.2) is 50.1 Å². The van der Waals surface area contributed by atoms with E-state index in [2.05, 4.69) is 20.3 Å². The van der Waals surface area contributed by atoms with Crippen molar-refractivity contribution in [2.45, 2.75) is 19.4 Å². The van der Waals surface area contributed by atoms with E-state index in [9.17, 15) is 18.4 Å². The van der Waals surface area contributed by atoms with Crippen molar-refractivity contribution >= 4 is 27.8 Å². The second-order valence-corrected chi connectivity index (χ2v) is 8.80. The molecule has 0 fully saturated rings. The first kappa shape index (κ1) is 24.4. The van der Waals surface area contributed by atoms with Crippen molar-refractivity contribution < 1.29 is 18.3 Å². The molecule has 0 aliphatic heterocycles. The Labute approximate surface area is 210 Å². The van der Waals surface area contributed by atoms with Crippen molar-refractivity contribution in [2.24, 2.45) is 7.05 Å². The summed E-state index contributed by atoms with van der Waals surface area (Å²) in [5, 5.41) is 11.1. The number of aromatic amines is 1. The van der Waals surface area contributed by atoms with Crippen molar-refractivity contribution in [2.75, 3.05) is 20.2 Å². The van der Waals surface area contributed by atoms with E-state index >= 15 is 0 Å². The summed E-state index contributed by atoms with van der Waals surface area (Å²) >= 11 is 0.